The van der Waals surface area contributed by atoms with E-state index in [1.807, 2.05) is 0 Å². The summed E-state index contributed by atoms with van der Waals surface area (Å²) in [7, 11) is 0. The van der Waals surface area contributed by atoms with Crippen molar-refractivity contribution >= 4 is 35.5 Å². The predicted octanol–water partition coefficient (Wildman–Crippen LogP) is -2.39. The summed E-state index contributed by atoms with van der Waals surface area (Å²) in [6, 6.07) is -4.99. The van der Waals surface area contributed by atoms with Crippen LogP contribution in [0, 0.1) is 0 Å². The summed E-state index contributed by atoms with van der Waals surface area (Å²) in [6.07, 6.45) is 0. The van der Waals surface area contributed by atoms with Crippen LogP contribution < -0.4 is 26.6 Å². The first-order chi connectivity index (χ1) is 13.3. The lowest BCUT2D eigenvalue weighted by Crippen LogP contribution is -2.56. The van der Waals surface area contributed by atoms with Gasteiger partial charge in [0.15, 0.2) is 0 Å². The van der Waals surface area contributed by atoms with E-state index in [1.54, 1.807) is 0 Å². The number of aliphatic carboxylic acids is 1. The van der Waals surface area contributed by atoms with Crippen LogP contribution in [-0.2, 0) is 28.8 Å². The van der Waals surface area contributed by atoms with E-state index in [-0.39, 0.29) is 0 Å². The first kappa shape index (κ1) is 25.8. The molecule has 0 fully saturated rings. The molecule has 0 aromatic rings. The van der Waals surface area contributed by atoms with Gasteiger partial charge in [0.2, 0.25) is 29.5 Å². The average molecular weight is 415 g/mol. The zero-order valence-corrected chi connectivity index (χ0v) is 17.3. The molecule has 6 N–H and O–H groups in total. The number of carbonyl (C=O) groups excluding carboxylic acids is 5. The molecule has 0 unspecified atom stereocenters. The zero-order chi connectivity index (χ0) is 22.9. The Morgan fingerprint density at radius 3 is 1.00 bits per heavy atom. The van der Waals surface area contributed by atoms with Crippen molar-refractivity contribution in [3.8, 4) is 0 Å². The summed E-state index contributed by atoms with van der Waals surface area (Å²) in [6.45, 7) is 8.13. The van der Waals surface area contributed by atoms with Gasteiger partial charge in [0.05, 0.1) is 0 Å². The Kier molecular flexibility index (Phi) is 10.3. The summed E-state index contributed by atoms with van der Waals surface area (Å²) < 4.78 is 0. The van der Waals surface area contributed by atoms with Crippen molar-refractivity contribution in [2.24, 2.45) is 0 Å². The maximum absolute atomic E-state index is 12.1. The van der Waals surface area contributed by atoms with Gasteiger partial charge in [0.1, 0.15) is 30.2 Å². The van der Waals surface area contributed by atoms with E-state index >= 15 is 0 Å². The Balaban J connectivity index is 4.60. The summed E-state index contributed by atoms with van der Waals surface area (Å²) in [5.74, 6) is -4.20. The third-order valence-corrected chi connectivity index (χ3v) is 3.80. The lowest BCUT2D eigenvalue weighted by Gasteiger charge is -2.22. The van der Waals surface area contributed by atoms with Gasteiger partial charge in [-0.1, -0.05) is 0 Å². The van der Waals surface area contributed by atoms with E-state index in [0.29, 0.717) is 0 Å². The highest BCUT2D eigenvalue weighted by Crippen LogP contribution is 1.93. The molecule has 5 atom stereocenters. The fourth-order valence-electron chi connectivity index (χ4n) is 1.98. The maximum Gasteiger partial charge on any atom is 0.325 e. The van der Waals surface area contributed by atoms with Crippen molar-refractivity contribution in [2.45, 2.75) is 71.8 Å². The maximum atomic E-state index is 12.1. The van der Waals surface area contributed by atoms with Crippen molar-refractivity contribution < 1.29 is 33.9 Å². The molecule has 0 aromatic heterocycles. The normalized spacial score (nSPS) is 15.5. The van der Waals surface area contributed by atoms with Crippen LogP contribution in [-0.4, -0.2) is 70.8 Å². The Morgan fingerprint density at radius 2 is 0.759 bits per heavy atom. The minimum absolute atomic E-state index is 0.397. The molecule has 0 heterocycles. The van der Waals surface area contributed by atoms with Crippen LogP contribution >= 0.6 is 0 Å². The molecule has 0 saturated carbocycles. The smallest absolute Gasteiger partial charge is 0.325 e. The van der Waals surface area contributed by atoms with E-state index in [4.69, 9.17) is 5.11 Å². The van der Waals surface area contributed by atoms with Crippen LogP contribution in [0.5, 0.6) is 0 Å². The van der Waals surface area contributed by atoms with Crippen LogP contribution in [0.25, 0.3) is 0 Å². The summed E-state index contributed by atoms with van der Waals surface area (Å²) >= 11 is 0. The van der Waals surface area contributed by atoms with Gasteiger partial charge in [0, 0.05) is 6.92 Å². The largest absolute Gasteiger partial charge is 0.480 e. The highest BCUT2D eigenvalue weighted by Gasteiger charge is 2.25. The molecule has 29 heavy (non-hydrogen) atoms. The Hall–Kier alpha value is -3.18. The van der Waals surface area contributed by atoms with Crippen LogP contribution in [0.15, 0.2) is 0 Å². The third kappa shape index (κ3) is 9.53. The summed E-state index contributed by atoms with van der Waals surface area (Å²) in [5, 5.41) is 20.5. The second-order valence-corrected chi connectivity index (χ2v) is 6.68. The molecule has 0 aliphatic rings. The molecule has 164 valence electrons. The first-order valence-electron chi connectivity index (χ1n) is 8.97. The standard InChI is InChI=1S/C17H29N5O7/c1-7(18-12(6)23)13(24)19-8(2)14(25)20-9(3)15(26)21-10(4)16(27)22-11(5)17(28)29/h7-11H,1-6H3,(H,18,23)(H,19,24)(H,20,25)(H,21,26)(H,22,27)(H,28,29)/t7-,8-,9-,10-,11-/m0/s1. The molecular weight excluding hydrogens is 386 g/mol. The number of carboxylic acid groups (broad SMARTS) is 1. The van der Waals surface area contributed by atoms with Crippen LogP contribution in [0.1, 0.15) is 41.5 Å². The lowest BCUT2D eigenvalue weighted by molar-refractivity contribution is -0.141. The van der Waals surface area contributed by atoms with Crippen molar-refractivity contribution in [2.75, 3.05) is 0 Å². The van der Waals surface area contributed by atoms with Crippen molar-refractivity contribution in [3.05, 3.63) is 0 Å². The van der Waals surface area contributed by atoms with Gasteiger partial charge in [0.25, 0.3) is 0 Å². The molecule has 0 rings (SSSR count). The van der Waals surface area contributed by atoms with Crippen molar-refractivity contribution in [3.63, 3.8) is 0 Å². The van der Waals surface area contributed by atoms with Crippen molar-refractivity contribution in [1.82, 2.24) is 26.6 Å². The molecule has 0 aliphatic carbocycles. The van der Waals surface area contributed by atoms with E-state index < -0.39 is 65.7 Å². The van der Waals surface area contributed by atoms with Gasteiger partial charge in [-0.05, 0) is 34.6 Å². The van der Waals surface area contributed by atoms with E-state index in [0.717, 1.165) is 0 Å². The fourth-order valence-corrected chi connectivity index (χ4v) is 1.98. The molecule has 0 aromatic carbocycles. The van der Waals surface area contributed by atoms with Gasteiger partial charge >= 0.3 is 5.97 Å². The lowest BCUT2D eigenvalue weighted by atomic mass is 10.2. The minimum Gasteiger partial charge on any atom is -0.480 e. The molecule has 0 aliphatic heterocycles. The summed E-state index contributed by atoms with van der Waals surface area (Å²) in [4.78, 5) is 69.7. The summed E-state index contributed by atoms with van der Waals surface area (Å²) in [5.41, 5.74) is 0. The predicted molar refractivity (Wildman–Crippen MR) is 101 cm³/mol. The van der Waals surface area contributed by atoms with E-state index in [2.05, 4.69) is 26.6 Å². The average Bonchev–Trinajstić information content (AvgIpc) is 2.60. The van der Waals surface area contributed by atoms with Crippen LogP contribution in [0.4, 0.5) is 0 Å². The van der Waals surface area contributed by atoms with Crippen molar-refractivity contribution in [1.29, 1.82) is 0 Å². The zero-order valence-electron chi connectivity index (χ0n) is 17.3. The molecule has 12 heteroatoms. The van der Waals surface area contributed by atoms with Gasteiger partial charge in [-0.3, -0.25) is 28.8 Å². The second kappa shape index (κ2) is 11.6. The van der Waals surface area contributed by atoms with Gasteiger partial charge < -0.3 is 31.7 Å². The highest BCUT2D eigenvalue weighted by atomic mass is 16.4. The quantitative estimate of drug-likeness (QED) is 0.230. The van der Waals surface area contributed by atoms with Gasteiger partial charge in [-0.15, -0.1) is 0 Å². The Labute approximate surface area is 168 Å². The molecule has 0 saturated heterocycles. The van der Waals surface area contributed by atoms with Crippen LogP contribution in [0.2, 0.25) is 0 Å². The molecule has 0 radical (unpaired) electrons. The fraction of sp³-hybridized carbons (Fsp3) is 0.647. The van der Waals surface area contributed by atoms with Crippen LogP contribution in [0.3, 0.4) is 0 Å². The topological polar surface area (TPSA) is 183 Å². The van der Waals surface area contributed by atoms with E-state index in [1.165, 1.54) is 41.5 Å². The number of hydrogen-bond acceptors (Lipinski definition) is 6. The number of carboxylic acids is 1. The third-order valence-electron chi connectivity index (χ3n) is 3.80. The molecule has 0 spiro atoms. The second-order valence-electron chi connectivity index (χ2n) is 6.68. The highest BCUT2D eigenvalue weighted by molar-refractivity contribution is 5.95. The van der Waals surface area contributed by atoms with E-state index in [9.17, 15) is 28.8 Å². The molecular formula is C17H29N5O7. The number of carbonyl (C=O) groups is 6. The molecule has 12 nitrogen and oxygen atoms in total. The number of nitrogens with one attached hydrogen (secondary N) is 5. The number of amides is 5. The first-order valence-corrected chi connectivity index (χ1v) is 8.97. The number of rotatable bonds is 10. The molecule has 0 bridgehead atoms. The minimum atomic E-state index is -1.22. The van der Waals surface area contributed by atoms with Gasteiger partial charge in [-0.2, -0.15) is 0 Å². The Morgan fingerprint density at radius 1 is 0.517 bits per heavy atom. The molecule has 5 amide bonds. The van der Waals surface area contributed by atoms with Gasteiger partial charge in [-0.25, -0.2) is 0 Å². The SMILES string of the molecule is CC(=O)N[C@@H](C)C(=O)N[C@@H](C)C(=O)N[C@@H](C)C(=O)N[C@@H](C)C(=O)N[C@@H](C)C(=O)O. The monoisotopic (exact) mass is 415 g/mol. The Bertz CT molecular complexity index is 667. The number of hydrogen-bond donors (Lipinski definition) is 6.